The fourth-order valence-corrected chi connectivity index (χ4v) is 1.16. The summed E-state index contributed by atoms with van der Waals surface area (Å²) in [7, 11) is 0. The van der Waals surface area contributed by atoms with E-state index < -0.39 is 0 Å². The van der Waals surface area contributed by atoms with Gasteiger partial charge in [0.2, 0.25) is 0 Å². The topological polar surface area (TPSA) is 55.0 Å². The van der Waals surface area contributed by atoms with Crippen LogP contribution in [-0.2, 0) is 17.8 Å². The smallest absolute Gasteiger partial charge is 0.345 e. The maximum atomic E-state index is 10.7. The van der Waals surface area contributed by atoms with Gasteiger partial charge < -0.3 is 9.72 Å². The van der Waals surface area contributed by atoms with Crippen molar-refractivity contribution >= 4 is 0 Å². The van der Waals surface area contributed by atoms with Gasteiger partial charge in [0.25, 0.3) is 0 Å². The molecule has 0 unspecified atom stereocenters. The van der Waals surface area contributed by atoms with Gasteiger partial charge in [-0.05, 0) is 0 Å². The van der Waals surface area contributed by atoms with Crippen molar-refractivity contribution in [3.63, 3.8) is 0 Å². The molecule has 1 aliphatic rings. The summed E-state index contributed by atoms with van der Waals surface area (Å²) in [5.74, 6) is 0. The third kappa shape index (κ3) is 1.17. The van der Waals surface area contributed by atoms with Crippen molar-refractivity contribution in [1.29, 1.82) is 0 Å². The molecule has 0 aliphatic carbocycles. The third-order valence-electron chi connectivity index (χ3n) is 1.74. The number of hydrogen-bond acceptors (Lipinski definition) is 3. The van der Waals surface area contributed by atoms with Gasteiger partial charge in [0.15, 0.2) is 0 Å². The Balaban J connectivity index is 2.51. The molecule has 0 saturated carbocycles. The van der Waals surface area contributed by atoms with E-state index in [1.807, 2.05) is 0 Å². The van der Waals surface area contributed by atoms with Crippen LogP contribution < -0.4 is 5.69 Å². The molecular formula is C7H8N2O2. The summed E-state index contributed by atoms with van der Waals surface area (Å²) in [5, 5.41) is 0. The Labute approximate surface area is 63.2 Å². The highest BCUT2D eigenvalue weighted by atomic mass is 16.5. The van der Waals surface area contributed by atoms with E-state index in [1.165, 1.54) is 0 Å². The molecule has 2 rings (SSSR count). The molecule has 0 amide bonds. The first-order valence-corrected chi connectivity index (χ1v) is 3.51. The van der Waals surface area contributed by atoms with E-state index in [0.717, 1.165) is 17.7 Å². The van der Waals surface area contributed by atoms with Crippen molar-refractivity contribution in [3.8, 4) is 0 Å². The lowest BCUT2D eigenvalue weighted by molar-refractivity contribution is 0.108. The average Bonchev–Trinajstić information content (AvgIpc) is 2.04. The van der Waals surface area contributed by atoms with E-state index in [1.54, 1.807) is 6.20 Å². The predicted molar refractivity (Wildman–Crippen MR) is 38.2 cm³/mol. The molecule has 4 heteroatoms. The molecule has 4 nitrogen and oxygen atoms in total. The van der Waals surface area contributed by atoms with Crippen LogP contribution in [0.3, 0.4) is 0 Å². The standard InChI is InChI=1S/C7H8N2O2/c10-7-8-3-5-4-11-2-1-6(5)9-7/h3H,1-2,4H2,(H,8,9,10). The van der Waals surface area contributed by atoms with Crippen molar-refractivity contribution in [3.05, 3.63) is 27.9 Å². The van der Waals surface area contributed by atoms with Gasteiger partial charge >= 0.3 is 5.69 Å². The highest BCUT2D eigenvalue weighted by molar-refractivity contribution is 5.16. The molecule has 1 aliphatic heterocycles. The first kappa shape index (κ1) is 6.54. The Kier molecular flexibility index (Phi) is 1.47. The van der Waals surface area contributed by atoms with Crippen LogP contribution >= 0.6 is 0 Å². The van der Waals surface area contributed by atoms with Gasteiger partial charge in [-0.25, -0.2) is 9.78 Å². The van der Waals surface area contributed by atoms with Crippen molar-refractivity contribution < 1.29 is 4.74 Å². The Morgan fingerprint density at radius 1 is 1.64 bits per heavy atom. The summed E-state index contributed by atoms with van der Waals surface area (Å²) in [6.45, 7) is 1.26. The molecule has 58 valence electrons. The zero-order chi connectivity index (χ0) is 7.68. The number of aromatic amines is 1. The first-order chi connectivity index (χ1) is 5.36. The van der Waals surface area contributed by atoms with Crippen molar-refractivity contribution in [1.82, 2.24) is 9.97 Å². The van der Waals surface area contributed by atoms with Gasteiger partial charge in [0, 0.05) is 23.9 Å². The molecule has 0 saturated heterocycles. The second-order valence-corrected chi connectivity index (χ2v) is 2.49. The highest BCUT2D eigenvalue weighted by Crippen LogP contribution is 2.10. The summed E-state index contributed by atoms with van der Waals surface area (Å²) in [6.07, 6.45) is 2.36. The SMILES string of the molecule is O=c1ncc2c([nH]1)CCOC2. The van der Waals surface area contributed by atoms with Crippen molar-refractivity contribution in [2.75, 3.05) is 6.61 Å². The number of nitrogens with one attached hydrogen (secondary N) is 1. The molecule has 0 atom stereocenters. The van der Waals surface area contributed by atoms with Crippen LogP contribution in [0, 0.1) is 0 Å². The van der Waals surface area contributed by atoms with Crippen LogP contribution in [0.1, 0.15) is 11.3 Å². The minimum atomic E-state index is -0.273. The molecular weight excluding hydrogens is 144 g/mol. The molecule has 0 radical (unpaired) electrons. The maximum Gasteiger partial charge on any atom is 0.345 e. The van der Waals surface area contributed by atoms with Gasteiger partial charge in [-0.15, -0.1) is 0 Å². The van der Waals surface area contributed by atoms with Gasteiger partial charge in [-0.2, -0.15) is 0 Å². The zero-order valence-electron chi connectivity index (χ0n) is 5.96. The van der Waals surface area contributed by atoms with E-state index in [4.69, 9.17) is 4.74 Å². The number of fused-ring (bicyclic) bond motifs is 1. The van der Waals surface area contributed by atoms with Crippen LogP contribution in [0.2, 0.25) is 0 Å². The maximum absolute atomic E-state index is 10.7. The Morgan fingerprint density at radius 2 is 2.55 bits per heavy atom. The minimum Gasteiger partial charge on any atom is -0.376 e. The molecule has 1 N–H and O–H groups in total. The van der Waals surface area contributed by atoms with E-state index in [0.29, 0.717) is 13.2 Å². The van der Waals surface area contributed by atoms with Crippen LogP contribution in [0.25, 0.3) is 0 Å². The summed E-state index contributed by atoms with van der Waals surface area (Å²) >= 11 is 0. The van der Waals surface area contributed by atoms with Gasteiger partial charge in [-0.3, -0.25) is 0 Å². The summed E-state index contributed by atoms with van der Waals surface area (Å²) in [5.41, 5.74) is 1.69. The number of aromatic nitrogens is 2. The number of hydrogen-bond donors (Lipinski definition) is 1. The molecule has 2 heterocycles. The van der Waals surface area contributed by atoms with Crippen molar-refractivity contribution in [2.24, 2.45) is 0 Å². The first-order valence-electron chi connectivity index (χ1n) is 3.51. The normalized spacial score (nSPS) is 16.0. The zero-order valence-corrected chi connectivity index (χ0v) is 5.96. The summed E-state index contributed by atoms with van der Waals surface area (Å²) < 4.78 is 5.17. The molecule has 1 aromatic heterocycles. The average molecular weight is 152 g/mol. The molecule has 1 aromatic rings. The number of nitrogens with zero attached hydrogens (tertiary/aromatic N) is 1. The monoisotopic (exact) mass is 152 g/mol. The lowest BCUT2D eigenvalue weighted by Gasteiger charge is -2.13. The Morgan fingerprint density at radius 3 is 3.45 bits per heavy atom. The number of rotatable bonds is 0. The van der Waals surface area contributed by atoms with E-state index in [2.05, 4.69) is 9.97 Å². The van der Waals surface area contributed by atoms with Gasteiger partial charge in [0.05, 0.1) is 13.2 Å². The van der Waals surface area contributed by atoms with Crippen LogP contribution in [0.4, 0.5) is 0 Å². The molecule has 11 heavy (non-hydrogen) atoms. The van der Waals surface area contributed by atoms with E-state index in [9.17, 15) is 4.79 Å². The second kappa shape index (κ2) is 2.47. The Bertz CT molecular complexity index is 318. The lowest BCUT2D eigenvalue weighted by Crippen LogP contribution is -2.19. The van der Waals surface area contributed by atoms with Crippen LogP contribution in [-0.4, -0.2) is 16.6 Å². The van der Waals surface area contributed by atoms with Crippen LogP contribution in [0.5, 0.6) is 0 Å². The molecule has 0 fully saturated rings. The third-order valence-corrected chi connectivity index (χ3v) is 1.74. The predicted octanol–water partition coefficient (Wildman–Crippen LogP) is -0.157. The van der Waals surface area contributed by atoms with Gasteiger partial charge in [0.1, 0.15) is 0 Å². The minimum absolute atomic E-state index is 0.273. The van der Waals surface area contributed by atoms with Crippen LogP contribution in [0.15, 0.2) is 11.0 Å². The largest absolute Gasteiger partial charge is 0.376 e. The molecule has 0 spiro atoms. The van der Waals surface area contributed by atoms with Gasteiger partial charge in [-0.1, -0.05) is 0 Å². The quantitative estimate of drug-likeness (QED) is 0.562. The molecule has 0 aromatic carbocycles. The second-order valence-electron chi connectivity index (χ2n) is 2.49. The summed E-state index contributed by atoms with van der Waals surface area (Å²) in [6, 6.07) is 0. The lowest BCUT2D eigenvalue weighted by atomic mass is 10.1. The van der Waals surface area contributed by atoms with E-state index >= 15 is 0 Å². The van der Waals surface area contributed by atoms with E-state index in [-0.39, 0.29) is 5.69 Å². The highest BCUT2D eigenvalue weighted by Gasteiger charge is 2.09. The number of H-pyrrole nitrogens is 1. The number of ether oxygens (including phenoxy) is 1. The summed E-state index contributed by atoms with van der Waals surface area (Å²) in [4.78, 5) is 17.0. The molecule has 0 bridgehead atoms. The fourth-order valence-electron chi connectivity index (χ4n) is 1.16. The van der Waals surface area contributed by atoms with Crippen molar-refractivity contribution in [2.45, 2.75) is 13.0 Å². The Hall–Kier alpha value is -1.16. The fraction of sp³-hybridized carbons (Fsp3) is 0.429.